The molecule has 0 aliphatic heterocycles. The van der Waals surface area contributed by atoms with Gasteiger partial charge in [0.2, 0.25) is 0 Å². The maximum absolute atomic E-state index is 11.8. The highest BCUT2D eigenvalue weighted by atomic mass is 35.5. The molecule has 1 aromatic rings. The quantitative estimate of drug-likeness (QED) is 0.887. The van der Waals surface area contributed by atoms with E-state index in [1.54, 1.807) is 13.0 Å². The van der Waals surface area contributed by atoms with Gasteiger partial charge in [0.15, 0.2) is 0 Å². The zero-order valence-corrected chi connectivity index (χ0v) is 13.0. The Bertz CT molecular complexity index is 498. The molecule has 2 rings (SSSR count). The third-order valence-corrected chi connectivity index (χ3v) is 4.58. The number of carboxylic acid groups (broad SMARTS) is 1. The molecule has 2 N–H and O–H groups in total. The van der Waals surface area contributed by atoms with Gasteiger partial charge in [-0.2, -0.15) is 0 Å². The average Bonchev–Trinajstić information content (AvgIpc) is 2.45. The Hall–Kier alpha value is -1.26. The third kappa shape index (κ3) is 3.33. The van der Waals surface area contributed by atoms with Crippen molar-refractivity contribution in [3.8, 4) is 0 Å². The van der Waals surface area contributed by atoms with Crippen LogP contribution in [0.25, 0.3) is 0 Å². The van der Waals surface area contributed by atoms with Crippen LogP contribution in [0, 0.1) is 0 Å². The molecule has 5 heteroatoms. The second kappa shape index (κ2) is 6.67. The second-order valence-electron chi connectivity index (χ2n) is 5.81. The Labute approximate surface area is 130 Å². The minimum atomic E-state index is -1.00. The van der Waals surface area contributed by atoms with Gasteiger partial charge in [-0.25, -0.2) is 4.79 Å². The van der Waals surface area contributed by atoms with Crippen LogP contribution in [0.5, 0.6) is 0 Å². The van der Waals surface area contributed by atoms with Crippen molar-refractivity contribution < 1.29 is 15.0 Å². The smallest absolute Gasteiger partial charge is 0.408 e. The number of carbonyl (C=O) groups is 1. The SMILES string of the molecule is CC(O)CN(C(=O)O)C1(c2ccccc2Cl)CCCCC1. The number of nitrogens with zero attached hydrogens (tertiary/aromatic N) is 1. The first-order valence-electron chi connectivity index (χ1n) is 7.41. The average molecular weight is 312 g/mol. The van der Waals surface area contributed by atoms with Gasteiger partial charge in [-0.3, -0.25) is 4.90 Å². The summed E-state index contributed by atoms with van der Waals surface area (Å²) in [7, 11) is 0. The predicted molar refractivity (Wildman–Crippen MR) is 82.6 cm³/mol. The van der Waals surface area contributed by atoms with Gasteiger partial charge < -0.3 is 10.2 Å². The molecule has 21 heavy (non-hydrogen) atoms. The van der Waals surface area contributed by atoms with E-state index in [4.69, 9.17) is 11.6 Å². The lowest BCUT2D eigenvalue weighted by atomic mass is 9.75. The summed E-state index contributed by atoms with van der Waals surface area (Å²) < 4.78 is 0. The Kier molecular flexibility index (Phi) is 5.12. The van der Waals surface area contributed by atoms with Crippen molar-refractivity contribution in [2.24, 2.45) is 0 Å². The molecule has 1 aliphatic rings. The summed E-state index contributed by atoms with van der Waals surface area (Å²) in [5.74, 6) is 0. The molecule has 0 aromatic heterocycles. The number of hydrogen-bond donors (Lipinski definition) is 2. The van der Waals surface area contributed by atoms with E-state index in [1.807, 2.05) is 18.2 Å². The topological polar surface area (TPSA) is 60.8 Å². The van der Waals surface area contributed by atoms with E-state index in [1.165, 1.54) is 4.90 Å². The number of aliphatic hydroxyl groups excluding tert-OH is 1. The monoisotopic (exact) mass is 311 g/mol. The van der Waals surface area contributed by atoms with Gasteiger partial charge in [-0.1, -0.05) is 49.1 Å². The summed E-state index contributed by atoms with van der Waals surface area (Å²) in [5.41, 5.74) is 0.230. The number of halogens is 1. The second-order valence-corrected chi connectivity index (χ2v) is 6.22. The molecule has 0 bridgehead atoms. The van der Waals surface area contributed by atoms with E-state index >= 15 is 0 Å². The molecule has 1 saturated carbocycles. The largest absolute Gasteiger partial charge is 0.465 e. The number of benzene rings is 1. The van der Waals surface area contributed by atoms with Crippen LogP contribution in [0.4, 0.5) is 4.79 Å². The minimum Gasteiger partial charge on any atom is -0.465 e. The molecule has 1 atom stereocenters. The molecule has 1 aliphatic carbocycles. The van der Waals surface area contributed by atoms with Crippen molar-refractivity contribution in [3.63, 3.8) is 0 Å². The van der Waals surface area contributed by atoms with Gasteiger partial charge >= 0.3 is 6.09 Å². The molecule has 0 spiro atoms. The number of aliphatic hydroxyl groups is 1. The number of rotatable bonds is 4. The van der Waals surface area contributed by atoms with Crippen LogP contribution in [-0.4, -0.2) is 33.9 Å². The van der Waals surface area contributed by atoms with Crippen molar-refractivity contribution in [3.05, 3.63) is 34.9 Å². The van der Waals surface area contributed by atoms with Gasteiger partial charge in [-0.15, -0.1) is 0 Å². The molecule has 4 nitrogen and oxygen atoms in total. The van der Waals surface area contributed by atoms with Crippen LogP contribution >= 0.6 is 11.6 Å². The zero-order chi connectivity index (χ0) is 15.5. The normalized spacial score (nSPS) is 19.0. The lowest BCUT2D eigenvalue weighted by molar-refractivity contribution is 0.0184. The number of hydrogen-bond acceptors (Lipinski definition) is 2. The Morgan fingerprint density at radius 3 is 2.48 bits per heavy atom. The zero-order valence-electron chi connectivity index (χ0n) is 12.3. The highest BCUT2D eigenvalue weighted by Gasteiger charge is 2.43. The lowest BCUT2D eigenvalue weighted by Crippen LogP contribution is -2.52. The molecule has 0 radical (unpaired) electrons. The summed E-state index contributed by atoms with van der Waals surface area (Å²) in [6.45, 7) is 1.71. The van der Waals surface area contributed by atoms with E-state index in [0.29, 0.717) is 5.02 Å². The first-order valence-corrected chi connectivity index (χ1v) is 7.79. The molecular formula is C16H22ClNO3. The van der Waals surface area contributed by atoms with Crippen LogP contribution in [0.1, 0.15) is 44.6 Å². The van der Waals surface area contributed by atoms with E-state index in [2.05, 4.69) is 0 Å². The van der Waals surface area contributed by atoms with Crippen molar-refractivity contribution in [2.45, 2.75) is 50.7 Å². The molecule has 1 aromatic carbocycles. The fraction of sp³-hybridized carbons (Fsp3) is 0.562. The third-order valence-electron chi connectivity index (χ3n) is 4.25. The van der Waals surface area contributed by atoms with Gasteiger partial charge in [0.1, 0.15) is 0 Å². The van der Waals surface area contributed by atoms with Crippen molar-refractivity contribution in [1.29, 1.82) is 0 Å². The molecule has 0 saturated heterocycles. The van der Waals surface area contributed by atoms with E-state index in [0.717, 1.165) is 37.7 Å². The first-order chi connectivity index (χ1) is 9.97. The molecular weight excluding hydrogens is 290 g/mol. The maximum atomic E-state index is 11.8. The molecule has 1 unspecified atom stereocenters. The van der Waals surface area contributed by atoms with Gasteiger partial charge in [0, 0.05) is 5.02 Å². The van der Waals surface area contributed by atoms with Crippen LogP contribution in [0.15, 0.2) is 24.3 Å². The highest BCUT2D eigenvalue weighted by molar-refractivity contribution is 6.31. The van der Waals surface area contributed by atoms with Crippen LogP contribution in [-0.2, 0) is 5.54 Å². The van der Waals surface area contributed by atoms with Crippen LogP contribution < -0.4 is 0 Å². The highest BCUT2D eigenvalue weighted by Crippen LogP contribution is 2.45. The minimum absolute atomic E-state index is 0.0978. The number of amides is 1. The summed E-state index contributed by atoms with van der Waals surface area (Å²) in [5, 5.41) is 20.0. The van der Waals surface area contributed by atoms with Crippen molar-refractivity contribution >= 4 is 17.7 Å². The molecule has 1 amide bonds. The van der Waals surface area contributed by atoms with Crippen molar-refractivity contribution in [1.82, 2.24) is 4.90 Å². The Balaban J connectivity index is 2.50. The van der Waals surface area contributed by atoms with E-state index < -0.39 is 17.7 Å². The lowest BCUT2D eigenvalue weighted by Gasteiger charge is -2.46. The maximum Gasteiger partial charge on any atom is 0.408 e. The molecule has 116 valence electrons. The van der Waals surface area contributed by atoms with Crippen LogP contribution in [0.2, 0.25) is 5.02 Å². The van der Waals surface area contributed by atoms with E-state index in [9.17, 15) is 15.0 Å². The summed E-state index contributed by atoms with van der Waals surface area (Å²) in [6.07, 6.45) is 2.82. The fourth-order valence-electron chi connectivity index (χ4n) is 3.36. The predicted octanol–water partition coefficient (Wildman–Crippen LogP) is 3.86. The Morgan fingerprint density at radius 1 is 1.33 bits per heavy atom. The Morgan fingerprint density at radius 2 is 1.95 bits per heavy atom. The van der Waals surface area contributed by atoms with Gasteiger partial charge in [0.25, 0.3) is 0 Å². The standard InChI is InChI=1S/C16H22ClNO3/c1-12(19)11-18(15(20)21)16(9-5-2-6-10-16)13-7-3-4-8-14(13)17/h3-4,7-8,12,19H,2,5-6,9-11H2,1H3,(H,20,21). The molecule has 1 fully saturated rings. The molecule has 0 heterocycles. The fourth-order valence-corrected chi connectivity index (χ4v) is 3.67. The van der Waals surface area contributed by atoms with Gasteiger partial charge in [0.05, 0.1) is 18.2 Å². The first kappa shape index (κ1) is 16.1. The van der Waals surface area contributed by atoms with Crippen molar-refractivity contribution in [2.75, 3.05) is 6.54 Å². The summed E-state index contributed by atoms with van der Waals surface area (Å²) in [4.78, 5) is 13.2. The van der Waals surface area contributed by atoms with E-state index in [-0.39, 0.29) is 6.54 Å². The van der Waals surface area contributed by atoms with Gasteiger partial charge in [-0.05, 0) is 31.4 Å². The summed E-state index contributed by atoms with van der Waals surface area (Å²) in [6, 6.07) is 7.45. The van der Waals surface area contributed by atoms with Crippen LogP contribution in [0.3, 0.4) is 0 Å². The summed E-state index contributed by atoms with van der Waals surface area (Å²) >= 11 is 6.35.